The molecule has 2 heteroatoms. The molecular formula is C14H18N2. The average Bonchev–Trinajstić information content (AvgIpc) is 2.35. The lowest BCUT2D eigenvalue weighted by Gasteiger charge is -2.05. The van der Waals surface area contributed by atoms with Gasteiger partial charge in [0.15, 0.2) is 0 Å². The SMILES string of the molecule is C=C(/C=C/c1cccc(C(=C)NC)c1)NC. The summed E-state index contributed by atoms with van der Waals surface area (Å²) in [6.45, 7) is 7.76. The summed E-state index contributed by atoms with van der Waals surface area (Å²) in [5, 5.41) is 6.01. The molecule has 0 bridgehead atoms. The number of nitrogens with one attached hydrogen (secondary N) is 2. The number of benzene rings is 1. The van der Waals surface area contributed by atoms with Crippen molar-refractivity contribution in [3.63, 3.8) is 0 Å². The van der Waals surface area contributed by atoms with Gasteiger partial charge in [-0.05, 0) is 23.3 Å². The molecule has 0 fully saturated rings. The molecular weight excluding hydrogens is 196 g/mol. The first-order valence-corrected chi connectivity index (χ1v) is 5.19. The van der Waals surface area contributed by atoms with Gasteiger partial charge in [0.2, 0.25) is 0 Å². The molecule has 2 nitrogen and oxygen atoms in total. The van der Waals surface area contributed by atoms with Gasteiger partial charge in [-0.25, -0.2) is 0 Å². The third-order valence-electron chi connectivity index (χ3n) is 2.33. The highest BCUT2D eigenvalue weighted by atomic mass is 14.8. The third kappa shape index (κ3) is 3.31. The number of hydrogen-bond acceptors (Lipinski definition) is 2. The molecule has 0 aromatic heterocycles. The van der Waals surface area contributed by atoms with Crippen molar-refractivity contribution in [2.75, 3.05) is 14.1 Å². The first-order valence-electron chi connectivity index (χ1n) is 5.19. The van der Waals surface area contributed by atoms with Gasteiger partial charge in [0.1, 0.15) is 0 Å². The molecule has 0 saturated heterocycles. The van der Waals surface area contributed by atoms with Crippen LogP contribution < -0.4 is 10.6 Å². The van der Waals surface area contributed by atoms with Gasteiger partial charge < -0.3 is 10.6 Å². The van der Waals surface area contributed by atoms with E-state index in [2.05, 4.69) is 29.9 Å². The Hall–Kier alpha value is -1.96. The van der Waals surface area contributed by atoms with Gasteiger partial charge in [0.25, 0.3) is 0 Å². The van der Waals surface area contributed by atoms with Gasteiger partial charge in [-0.3, -0.25) is 0 Å². The van der Waals surface area contributed by atoms with E-state index in [4.69, 9.17) is 0 Å². The molecule has 0 saturated carbocycles. The molecule has 0 radical (unpaired) electrons. The van der Waals surface area contributed by atoms with Crippen LogP contribution in [-0.2, 0) is 0 Å². The van der Waals surface area contributed by atoms with Crippen molar-refractivity contribution in [1.29, 1.82) is 0 Å². The molecule has 0 unspecified atom stereocenters. The Balaban J connectivity index is 2.86. The lowest BCUT2D eigenvalue weighted by atomic mass is 10.1. The van der Waals surface area contributed by atoms with Crippen molar-refractivity contribution in [1.82, 2.24) is 10.6 Å². The molecule has 16 heavy (non-hydrogen) atoms. The Morgan fingerprint density at radius 1 is 1.19 bits per heavy atom. The Bertz CT molecular complexity index is 416. The quantitative estimate of drug-likeness (QED) is 0.736. The van der Waals surface area contributed by atoms with Gasteiger partial charge in [0.05, 0.1) is 0 Å². The van der Waals surface area contributed by atoms with E-state index in [0.717, 1.165) is 22.5 Å². The second kappa shape index (κ2) is 5.81. The fourth-order valence-electron chi connectivity index (χ4n) is 1.25. The first-order chi connectivity index (χ1) is 7.67. The molecule has 84 valence electrons. The standard InChI is InChI=1S/C14H18N2/c1-11(15-3)8-9-13-6-5-7-14(10-13)12(2)16-4/h5-10,15-16H,1-2H2,3-4H3/b9-8+. The van der Waals surface area contributed by atoms with E-state index in [9.17, 15) is 0 Å². The summed E-state index contributed by atoms with van der Waals surface area (Å²) >= 11 is 0. The Labute approximate surface area is 97.4 Å². The minimum absolute atomic E-state index is 0.887. The van der Waals surface area contributed by atoms with Gasteiger partial charge in [-0.15, -0.1) is 0 Å². The highest BCUT2D eigenvalue weighted by Gasteiger charge is 1.96. The molecule has 1 aromatic rings. The van der Waals surface area contributed by atoms with E-state index in [1.54, 1.807) is 0 Å². The zero-order chi connectivity index (χ0) is 12.0. The van der Waals surface area contributed by atoms with Gasteiger partial charge >= 0.3 is 0 Å². The summed E-state index contributed by atoms with van der Waals surface area (Å²) < 4.78 is 0. The zero-order valence-electron chi connectivity index (χ0n) is 9.88. The van der Waals surface area contributed by atoms with E-state index in [1.165, 1.54) is 0 Å². The second-order valence-electron chi connectivity index (χ2n) is 3.46. The predicted octanol–water partition coefficient (Wildman–Crippen LogP) is 2.62. The maximum atomic E-state index is 3.93. The van der Waals surface area contributed by atoms with E-state index < -0.39 is 0 Å². The molecule has 1 aromatic carbocycles. The van der Waals surface area contributed by atoms with Crippen LogP contribution in [0.1, 0.15) is 11.1 Å². The molecule has 0 amide bonds. The maximum absolute atomic E-state index is 3.93. The summed E-state index contributed by atoms with van der Waals surface area (Å²) in [6, 6.07) is 8.17. The molecule has 0 heterocycles. The molecule has 0 spiro atoms. The van der Waals surface area contributed by atoms with Crippen molar-refractivity contribution < 1.29 is 0 Å². The van der Waals surface area contributed by atoms with Gasteiger partial charge in [0, 0.05) is 25.5 Å². The first kappa shape index (κ1) is 12.1. The Morgan fingerprint density at radius 2 is 1.94 bits per heavy atom. The highest BCUT2D eigenvalue weighted by Crippen LogP contribution is 2.13. The van der Waals surface area contributed by atoms with Crippen LogP contribution in [0.3, 0.4) is 0 Å². The van der Waals surface area contributed by atoms with E-state index in [1.807, 2.05) is 44.4 Å². The van der Waals surface area contributed by atoms with Gasteiger partial charge in [-0.2, -0.15) is 0 Å². The molecule has 0 atom stereocenters. The molecule has 2 N–H and O–H groups in total. The van der Waals surface area contributed by atoms with Crippen LogP contribution in [-0.4, -0.2) is 14.1 Å². The molecule has 0 aliphatic carbocycles. The van der Waals surface area contributed by atoms with E-state index in [0.29, 0.717) is 0 Å². The number of hydrogen-bond donors (Lipinski definition) is 2. The molecule has 0 aliphatic rings. The van der Waals surface area contributed by atoms with Crippen molar-refractivity contribution in [2.24, 2.45) is 0 Å². The lowest BCUT2D eigenvalue weighted by Crippen LogP contribution is -2.02. The Morgan fingerprint density at radius 3 is 2.56 bits per heavy atom. The van der Waals surface area contributed by atoms with Crippen molar-refractivity contribution >= 4 is 11.8 Å². The number of likely N-dealkylation sites (N-methyl/N-ethyl adjacent to an activating group) is 1. The summed E-state index contributed by atoms with van der Waals surface area (Å²) in [5.41, 5.74) is 4.03. The van der Waals surface area contributed by atoms with Crippen LogP contribution in [0, 0.1) is 0 Å². The molecule has 1 rings (SSSR count). The smallest absolute Gasteiger partial charge is 0.0338 e. The van der Waals surface area contributed by atoms with E-state index in [-0.39, 0.29) is 0 Å². The zero-order valence-corrected chi connectivity index (χ0v) is 9.88. The predicted molar refractivity (Wildman–Crippen MR) is 71.8 cm³/mol. The van der Waals surface area contributed by atoms with Crippen molar-refractivity contribution in [3.05, 3.63) is 60.3 Å². The Kier molecular flexibility index (Phi) is 4.40. The fraction of sp³-hybridized carbons (Fsp3) is 0.143. The lowest BCUT2D eigenvalue weighted by molar-refractivity contribution is 1.04. The summed E-state index contributed by atoms with van der Waals surface area (Å²) in [7, 11) is 3.72. The summed E-state index contributed by atoms with van der Waals surface area (Å²) in [5.74, 6) is 0. The number of rotatable bonds is 5. The topological polar surface area (TPSA) is 24.1 Å². The minimum atomic E-state index is 0.887. The molecule has 0 aliphatic heterocycles. The van der Waals surface area contributed by atoms with Crippen LogP contribution in [0.5, 0.6) is 0 Å². The van der Waals surface area contributed by atoms with Crippen LogP contribution in [0.4, 0.5) is 0 Å². The normalized spacial score (nSPS) is 10.1. The fourth-order valence-corrected chi connectivity index (χ4v) is 1.25. The van der Waals surface area contributed by atoms with Crippen molar-refractivity contribution in [3.8, 4) is 0 Å². The van der Waals surface area contributed by atoms with Crippen molar-refractivity contribution in [2.45, 2.75) is 0 Å². The van der Waals surface area contributed by atoms with Crippen LogP contribution in [0.25, 0.3) is 11.8 Å². The number of allylic oxidation sites excluding steroid dienone is 1. The maximum Gasteiger partial charge on any atom is 0.0338 e. The third-order valence-corrected chi connectivity index (χ3v) is 2.33. The van der Waals surface area contributed by atoms with Gasteiger partial charge in [-0.1, -0.05) is 37.4 Å². The minimum Gasteiger partial charge on any atom is -0.389 e. The van der Waals surface area contributed by atoms with E-state index >= 15 is 0 Å². The summed E-state index contributed by atoms with van der Waals surface area (Å²) in [6.07, 6.45) is 3.96. The average molecular weight is 214 g/mol. The largest absolute Gasteiger partial charge is 0.389 e. The second-order valence-corrected chi connectivity index (χ2v) is 3.46. The highest BCUT2D eigenvalue weighted by molar-refractivity contribution is 5.65. The summed E-state index contributed by atoms with van der Waals surface area (Å²) in [4.78, 5) is 0. The monoisotopic (exact) mass is 214 g/mol. The van der Waals surface area contributed by atoms with Crippen LogP contribution >= 0.6 is 0 Å². The van der Waals surface area contributed by atoms with Crippen LogP contribution in [0.2, 0.25) is 0 Å². The van der Waals surface area contributed by atoms with Crippen LogP contribution in [0.15, 0.2) is 49.2 Å².